The Bertz CT molecular complexity index is 155. The molecule has 0 aliphatic heterocycles. The van der Waals surface area contributed by atoms with Crippen molar-refractivity contribution in [3.63, 3.8) is 0 Å². The van der Waals surface area contributed by atoms with Crippen LogP contribution >= 0.6 is 0 Å². The third-order valence-electron chi connectivity index (χ3n) is 1.98. The molecule has 1 saturated carbocycles. The average molecular weight is 172 g/mol. The normalized spacial score (nSPS) is 27.5. The van der Waals surface area contributed by atoms with Crippen LogP contribution < -0.4 is 10.6 Å². The fraction of sp³-hybridized carbons (Fsp3) is 0.875. The Hall–Kier alpha value is -0.770. The van der Waals surface area contributed by atoms with Crippen molar-refractivity contribution in [3.8, 4) is 0 Å². The summed E-state index contributed by atoms with van der Waals surface area (Å²) in [5.74, 6) is 0. The van der Waals surface area contributed by atoms with Crippen LogP contribution in [0, 0.1) is 0 Å². The molecule has 4 heteroatoms. The maximum Gasteiger partial charge on any atom is 0.315 e. The van der Waals surface area contributed by atoms with Gasteiger partial charge in [-0.25, -0.2) is 4.79 Å². The fourth-order valence-electron chi connectivity index (χ4n) is 1.18. The Balaban J connectivity index is 2.03. The summed E-state index contributed by atoms with van der Waals surface area (Å²) in [5, 5.41) is 14.4. The first kappa shape index (κ1) is 9.32. The first-order valence-corrected chi connectivity index (χ1v) is 4.44. The predicted molar refractivity (Wildman–Crippen MR) is 45.9 cm³/mol. The molecule has 0 heterocycles. The highest BCUT2D eigenvalue weighted by molar-refractivity contribution is 5.74. The maximum absolute atomic E-state index is 11.0. The standard InChI is InChI=1S/C8H16N2O2/c1-2-3-9-8(12)10-6-4-7(11)5-6/h6-7,11H,2-5H2,1H3,(H2,9,10,12). The summed E-state index contributed by atoms with van der Waals surface area (Å²) in [6.07, 6.45) is 2.13. The Kier molecular flexibility index (Phi) is 3.34. The van der Waals surface area contributed by atoms with Crippen LogP contribution in [0.2, 0.25) is 0 Å². The molecule has 4 nitrogen and oxygen atoms in total. The number of aliphatic hydroxyl groups excluding tert-OH is 1. The van der Waals surface area contributed by atoms with E-state index < -0.39 is 0 Å². The molecule has 1 aliphatic rings. The quantitative estimate of drug-likeness (QED) is 0.570. The van der Waals surface area contributed by atoms with Crippen molar-refractivity contribution >= 4 is 6.03 Å². The Morgan fingerprint density at radius 2 is 2.25 bits per heavy atom. The summed E-state index contributed by atoms with van der Waals surface area (Å²) < 4.78 is 0. The minimum Gasteiger partial charge on any atom is -0.393 e. The van der Waals surface area contributed by atoms with E-state index in [1.54, 1.807) is 0 Å². The lowest BCUT2D eigenvalue weighted by Crippen LogP contribution is -2.50. The second kappa shape index (κ2) is 4.30. The minimum atomic E-state index is -0.207. The van der Waals surface area contributed by atoms with Gasteiger partial charge in [0.05, 0.1) is 6.10 Å². The van der Waals surface area contributed by atoms with Gasteiger partial charge in [-0.2, -0.15) is 0 Å². The molecular formula is C8H16N2O2. The van der Waals surface area contributed by atoms with E-state index in [4.69, 9.17) is 5.11 Å². The molecule has 0 bridgehead atoms. The smallest absolute Gasteiger partial charge is 0.315 e. The van der Waals surface area contributed by atoms with Crippen LogP contribution in [-0.2, 0) is 0 Å². The first-order valence-electron chi connectivity index (χ1n) is 4.44. The molecule has 0 aromatic carbocycles. The highest BCUT2D eigenvalue weighted by Crippen LogP contribution is 2.18. The zero-order valence-electron chi connectivity index (χ0n) is 7.34. The van der Waals surface area contributed by atoms with E-state index in [1.807, 2.05) is 6.92 Å². The van der Waals surface area contributed by atoms with Crippen molar-refractivity contribution in [1.82, 2.24) is 10.6 Å². The summed E-state index contributed by atoms with van der Waals surface area (Å²) >= 11 is 0. The lowest BCUT2D eigenvalue weighted by atomic mass is 9.90. The van der Waals surface area contributed by atoms with Gasteiger partial charge in [-0.05, 0) is 19.3 Å². The van der Waals surface area contributed by atoms with E-state index in [9.17, 15) is 4.79 Å². The van der Waals surface area contributed by atoms with E-state index >= 15 is 0 Å². The lowest BCUT2D eigenvalue weighted by molar-refractivity contribution is 0.0663. The SMILES string of the molecule is CCCNC(=O)NC1CC(O)C1. The molecule has 12 heavy (non-hydrogen) atoms. The van der Waals surface area contributed by atoms with Gasteiger partial charge in [0.2, 0.25) is 0 Å². The van der Waals surface area contributed by atoms with Gasteiger partial charge >= 0.3 is 6.03 Å². The van der Waals surface area contributed by atoms with Crippen molar-refractivity contribution in [2.45, 2.75) is 38.3 Å². The molecule has 0 aromatic heterocycles. The minimum absolute atomic E-state index is 0.117. The molecule has 0 saturated heterocycles. The Morgan fingerprint density at radius 3 is 2.75 bits per heavy atom. The average Bonchev–Trinajstić information content (AvgIpc) is 1.98. The number of carbonyl (C=O) groups is 1. The van der Waals surface area contributed by atoms with Crippen molar-refractivity contribution in [2.75, 3.05) is 6.54 Å². The molecule has 0 unspecified atom stereocenters. The number of amides is 2. The number of nitrogens with one attached hydrogen (secondary N) is 2. The van der Waals surface area contributed by atoms with Gasteiger partial charge in [-0.3, -0.25) is 0 Å². The number of hydrogen-bond donors (Lipinski definition) is 3. The summed E-state index contributed by atoms with van der Waals surface area (Å²) in [6.45, 7) is 2.72. The van der Waals surface area contributed by atoms with E-state index in [2.05, 4.69) is 10.6 Å². The molecule has 1 fully saturated rings. The number of urea groups is 1. The predicted octanol–water partition coefficient (Wildman–Crippen LogP) is 0.219. The third kappa shape index (κ3) is 2.70. The molecule has 1 aliphatic carbocycles. The van der Waals surface area contributed by atoms with Crippen LogP contribution in [0.4, 0.5) is 4.79 Å². The molecular weight excluding hydrogens is 156 g/mol. The zero-order valence-corrected chi connectivity index (χ0v) is 7.34. The van der Waals surface area contributed by atoms with Gasteiger partial charge in [0.15, 0.2) is 0 Å². The summed E-state index contributed by atoms with van der Waals surface area (Å²) in [6, 6.07) is 0.0607. The van der Waals surface area contributed by atoms with E-state index in [0.717, 1.165) is 6.42 Å². The van der Waals surface area contributed by atoms with Gasteiger partial charge < -0.3 is 15.7 Å². The maximum atomic E-state index is 11.0. The number of aliphatic hydroxyl groups is 1. The van der Waals surface area contributed by atoms with Crippen LogP contribution in [0.1, 0.15) is 26.2 Å². The molecule has 0 radical (unpaired) electrons. The Morgan fingerprint density at radius 1 is 1.58 bits per heavy atom. The highest BCUT2D eigenvalue weighted by atomic mass is 16.3. The third-order valence-corrected chi connectivity index (χ3v) is 1.98. The van der Waals surface area contributed by atoms with Crippen LogP contribution in [0.15, 0.2) is 0 Å². The number of hydrogen-bond acceptors (Lipinski definition) is 2. The van der Waals surface area contributed by atoms with Gasteiger partial charge in [0.25, 0.3) is 0 Å². The molecule has 1 rings (SSSR count). The summed E-state index contributed by atoms with van der Waals surface area (Å²) in [5.41, 5.74) is 0. The van der Waals surface area contributed by atoms with Crippen LogP contribution in [0.3, 0.4) is 0 Å². The summed E-state index contributed by atoms with van der Waals surface area (Å²) in [7, 11) is 0. The lowest BCUT2D eigenvalue weighted by Gasteiger charge is -2.31. The Labute approximate surface area is 72.3 Å². The largest absolute Gasteiger partial charge is 0.393 e. The second-order valence-electron chi connectivity index (χ2n) is 3.22. The van der Waals surface area contributed by atoms with Crippen LogP contribution in [-0.4, -0.2) is 29.8 Å². The zero-order chi connectivity index (χ0) is 8.97. The monoisotopic (exact) mass is 172 g/mol. The van der Waals surface area contributed by atoms with Crippen molar-refractivity contribution < 1.29 is 9.90 Å². The van der Waals surface area contributed by atoms with E-state index in [0.29, 0.717) is 19.4 Å². The molecule has 0 spiro atoms. The van der Waals surface area contributed by atoms with Gasteiger partial charge in [-0.1, -0.05) is 6.92 Å². The van der Waals surface area contributed by atoms with E-state index in [-0.39, 0.29) is 18.2 Å². The van der Waals surface area contributed by atoms with Gasteiger partial charge in [0, 0.05) is 12.6 Å². The molecule has 3 N–H and O–H groups in total. The first-order chi connectivity index (χ1) is 5.72. The summed E-state index contributed by atoms with van der Waals surface area (Å²) in [4.78, 5) is 11.0. The molecule has 0 atom stereocenters. The van der Waals surface area contributed by atoms with Crippen LogP contribution in [0.25, 0.3) is 0 Å². The molecule has 70 valence electrons. The van der Waals surface area contributed by atoms with Gasteiger partial charge in [0.1, 0.15) is 0 Å². The van der Waals surface area contributed by atoms with Crippen LogP contribution in [0.5, 0.6) is 0 Å². The topological polar surface area (TPSA) is 61.4 Å². The molecule has 0 aromatic rings. The number of carbonyl (C=O) groups excluding carboxylic acids is 1. The van der Waals surface area contributed by atoms with Crippen molar-refractivity contribution in [1.29, 1.82) is 0 Å². The molecule has 2 amide bonds. The second-order valence-corrected chi connectivity index (χ2v) is 3.22. The van der Waals surface area contributed by atoms with Crippen molar-refractivity contribution in [3.05, 3.63) is 0 Å². The highest BCUT2D eigenvalue weighted by Gasteiger charge is 2.27. The van der Waals surface area contributed by atoms with Gasteiger partial charge in [-0.15, -0.1) is 0 Å². The fourth-order valence-corrected chi connectivity index (χ4v) is 1.18. The number of rotatable bonds is 3. The van der Waals surface area contributed by atoms with E-state index in [1.165, 1.54) is 0 Å². The van der Waals surface area contributed by atoms with Crippen molar-refractivity contribution in [2.24, 2.45) is 0 Å².